The highest BCUT2D eigenvalue weighted by atomic mass is 16.5. The predicted octanol–water partition coefficient (Wildman–Crippen LogP) is -2.67. The monoisotopic (exact) mass is 106 g/mol. The summed E-state index contributed by atoms with van der Waals surface area (Å²) in [5, 5.41) is 26.2. The topological polar surface area (TPSA) is 89.5 Å². The van der Waals surface area contributed by atoms with Crippen molar-refractivity contribution in [3.8, 4) is 0 Å². The standard InChI is InChI=1S/C3H8NO3/c1-2(5)3(4,6)7/h2,5-6H,4H2,1H3/q-1/t2-,3+/m0/s1. The number of hydrogen-bond acceptors (Lipinski definition) is 4. The van der Waals surface area contributed by atoms with Gasteiger partial charge in [0, 0.05) is 0 Å². The first-order valence-electron chi connectivity index (χ1n) is 1.84. The molecule has 0 saturated heterocycles. The van der Waals surface area contributed by atoms with Crippen LogP contribution in [-0.4, -0.2) is 22.2 Å². The lowest BCUT2D eigenvalue weighted by molar-refractivity contribution is -0.562. The summed E-state index contributed by atoms with van der Waals surface area (Å²) >= 11 is 0. The fraction of sp³-hybridized carbons (Fsp3) is 1.00. The molecule has 0 radical (unpaired) electrons. The molecular formula is C3H8NO3-. The van der Waals surface area contributed by atoms with E-state index in [-0.39, 0.29) is 0 Å². The molecule has 0 aromatic rings. The number of aliphatic hydroxyl groups excluding tert-OH is 1. The summed E-state index contributed by atoms with van der Waals surface area (Å²) in [5.41, 5.74) is 4.43. The van der Waals surface area contributed by atoms with Crippen LogP contribution in [0.1, 0.15) is 6.92 Å². The number of rotatable bonds is 1. The highest BCUT2D eigenvalue weighted by Crippen LogP contribution is 1.88. The van der Waals surface area contributed by atoms with Crippen molar-refractivity contribution in [1.82, 2.24) is 0 Å². The zero-order valence-electron chi connectivity index (χ0n) is 3.96. The zero-order valence-corrected chi connectivity index (χ0v) is 3.96. The molecule has 0 saturated carbocycles. The van der Waals surface area contributed by atoms with E-state index in [4.69, 9.17) is 10.2 Å². The normalized spacial score (nSPS) is 23.6. The van der Waals surface area contributed by atoms with Crippen LogP contribution in [0.25, 0.3) is 0 Å². The van der Waals surface area contributed by atoms with Gasteiger partial charge in [-0.3, -0.25) is 0 Å². The van der Waals surface area contributed by atoms with Gasteiger partial charge in [-0.15, -0.1) is 0 Å². The van der Waals surface area contributed by atoms with Crippen molar-refractivity contribution in [2.24, 2.45) is 5.73 Å². The molecule has 44 valence electrons. The van der Waals surface area contributed by atoms with Crippen LogP contribution in [0.15, 0.2) is 0 Å². The summed E-state index contributed by atoms with van der Waals surface area (Å²) in [4.78, 5) is 0. The van der Waals surface area contributed by atoms with Gasteiger partial charge in [0.1, 0.15) is 0 Å². The lowest BCUT2D eigenvalue weighted by atomic mass is 10.3. The SMILES string of the molecule is C[C@H](O)[C@](N)([O-])O. The summed E-state index contributed by atoms with van der Waals surface area (Å²) in [6.07, 6.45) is -1.42. The van der Waals surface area contributed by atoms with Crippen LogP contribution < -0.4 is 10.8 Å². The van der Waals surface area contributed by atoms with Crippen molar-refractivity contribution in [3.05, 3.63) is 0 Å². The Morgan fingerprint density at radius 1 is 1.86 bits per heavy atom. The number of hydrogen-bond donors (Lipinski definition) is 3. The van der Waals surface area contributed by atoms with Crippen LogP contribution in [0.5, 0.6) is 0 Å². The minimum atomic E-state index is -2.69. The number of nitrogens with two attached hydrogens (primary N) is 1. The minimum absolute atomic E-state index is 1.12. The maximum absolute atomic E-state index is 9.89. The van der Waals surface area contributed by atoms with E-state index in [1.54, 1.807) is 0 Å². The fourth-order valence-electron chi connectivity index (χ4n) is 0. The molecule has 0 bridgehead atoms. The third-order valence-corrected chi connectivity index (χ3v) is 0.599. The second-order valence-corrected chi connectivity index (χ2v) is 1.43. The van der Waals surface area contributed by atoms with E-state index in [9.17, 15) is 5.11 Å². The summed E-state index contributed by atoms with van der Waals surface area (Å²) in [6, 6.07) is 0. The molecule has 0 aliphatic heterocycles. The van der Waals surface area contributed by atoms with Gasteiger partial charge in [-0.25, -0.2) is 0 Å². The molecule has 0 spiro atoms. The Morgan fingerprint density at radius 2 is 2.00 bits per heavy atom. The van der Waals surface area contributed by atoms with Crippen LogP contribution >= 0.6 is 0 Å². The Hall–Kier alpha value is -0.160. The van der Waals surface area contributed by atoms with E-state index in [1.165, 1.54) is 0 Å². The Labute approximate surface area is 41.2 Å². The average molecular weight is 106 g/mol. The first-order chi connectivity index (χ1) is 2.94. The van der Waals surface area contributed by atoms with E-state index in [0.717, 1.165) is 6.92 Å². The highest BCUT2D eigenvalue weighted by Gasteiger charge is 2.10. The number of aliphatic hydroxyl groups is 2. The second-order valence-electron chi connectivity index (χ2n) is 1.43. The molecule has 4 N–H and O–H groups in total. The van der Waals surface area contributed by atoms with Crippen LogP contribution in [-0.2, 0) is 0 Å². The van der Waals surface area contributed by atoms with Gasteiger partial charge in [0.15, 0.2) is 0 Å². The molecule has 0 unspecified atom stereocenters. The maximum atomic E-state index is 9.89. The van der Waals surface area contributed by atoms with Gasteiger partial charge in [0.25, 0.3) is 0 Å². The van der Waals surface area contributed by atoms with Crippen molar-refractivity contribution in [1.29, 1.82) is 0 Å². The molecule has 4 heteroatoms. The maximum Gasteiger partial charge on any atom is 0.0779 e. The lowest BCUT2D eigenvalue weighted by Crippen LogP contribution is -2.60. The molecule has 0 amide bonds. The molecule has 4 nitrogen and oxygen atoms in total. The van der Waals surface area contributed by atoms with Crippen LogP contribution in [0, 0.1) is 0 Å². The van der Waals surface area contributed by atoms with Crippen molar-refractivity contribution >= 4 is 0 Å². The lowest BCUT2D eigenvalue weighted by Gasteiger charge is -2.31. The van der Waals surface area contributed by atoms with E-state index in [2.05, 4.69) is 5.73 Å². The van der Waals surface area contributed by atoms with Gasteiger partial charge in [0.2, 0.25) is 0 Å². The Kier molecular flexibility index (Phi) is 1.71. The smallest absolute Gasteiger partial charge is 0.0779 e. The predicted molar refractivity (Wildman–Crippen MR) is 20.8 cm³/mol. The van der Waals surface area contributed by atoms with Crippen LogP contribution in [0.3, 0.4) is 0 Å². The molecule has 0 aliphatic rings. The van der Waals surface area contributed by atoms with Gasteiger partial charge >= 0.3 is 0 Å². The first-order valence-corrected chi connectivity index (χ1v) is 1.84. The molecular weight excluding hydrogens is 98.0 g/mol. The molecule has 0 aliphatic carbocycles. The van der Waals surface area contributed by atoms with Crippen LogP contribution in [0.4, 0.5) is 0 Å². The van der Waals surface area contributed by atoms with Gasteiger partial charge in [-0.05, 0) is 6.92 Å². The Balaban J connectivity index is 3.54. The quantitative estimate of drug-likeness (QED) is 0.318. The summed E-state index contributed by atoms with van der Waals surface area (Å²) in [5.74, 6) is -2.69. The third kappa shape index (κ3) is 2.52. The summed E-state index contributed by atoms with van der Waals surface area (Å²) in [7, 11) is 0. The van der Waals surface area contributed by atoms with E-state index >= 15 is 0 Å². The average Bonchev–Trinajstić information content (AvgIpc) is 1.31. The Bertz CT molecular complexity index is 55.7. The largest absolute Gasteiger partial charge is 0.815 e. The second kappa shape index (κ2) is 1.75. The molecule has 7 heavy (non-hydrogen) atoms. The van der Waals surface area contributed by atoms with E-state index in [0.29, 0.717) is 0 Å². The van der Waals surface area contributed by atoms with Gasteiger partial charge in [0.05, 0.1) is 12.0 Å². The van der Waals surface area contributed by atoms with Gasteiger partial charge < -0.3 is 21.1 Å². The van der Waals surface area contributed by atoms with Gasteiger partial charge in [-0.1, -0.05) is 0 Å². The summed E-state index contributed by atoms with van der Waals surface area (Å²) in [6.45, 7) is 1.12. The molecule has 2 atom stereocenters. The molecule has 0 fully saturated rings. The molecule has 0 heterocycles. The van der Waals surface area contributed by atoms with Crippen LogP contribution in [0.2, 0.25) is 0 Å². The highest BCUT2D eigenvalue weighted by molar-refractivity contribution is 4.57. The van der Waals surface area contributed by atoms with Crippen molar-refractivity contribution in [2.75, 3.05) is 0 Å². The fourth-order valence-corrected chi connectivity index (χ4v) is 0. The molecule has 0 aromatic heterocycles. The van der Waals surface area contributed by atoms with E-state index < -0.39 is 12.0 Å². The minimum Gasteiger partial charge on any atom is -0.815 e. The van der Waals surface area contributed by atoms with Crippen molar-refractivity contribution < 1.29 is 15.3 Å². The van der Waals surface area contributed by atoms with Crippen molar-refractivity contribution in [3.63, 3.8) is 0 Å². The molecule has 0 rings (SSSR count). The van der Waals surface area contributed by atoms with E-state index in [1.807, 2.05) is 0 Å². The van der Waals surface area contributed by atoms with Crippen molar-refractivity contribution in [2.45, 2.75) is 18.9 Å². The summed E-state index contributed by atoms with van der Waals surface area (Å²) < 4.78 is 0. The van der Waals surface area contributed by atoms with Gasteiger partial charge in [-0.2, -0.15) is 0 Å². The first kappa shape index (κ1) is 6.84. The third-order valence-electron chi connectivity index (χ3n) is 0.599. The molecule has 0 aromatic carbocycles. The zero-order chi connectivity index (χ0) is 6.08. The Morgan fingerprint density at radius 3 is 2.00 bits per heavy atom.